The third kappa shape index (κ3) is 4.35. The molecule has 0 aromatic heterocycles. The molecule has 29 heavy (non-hydrogen) atoms. The lowest BCUT2D eigenvalue weighted by Crippen LogP contribution is -2.53. The van der Waals surface area contributed by atoms with Crippen molar-refractivity contribution >= 4 is 21.9 Å². The number of sulfonamides is 1. The molecule has 1 aromatic carbocycles. The van der Waals surface area contributed by atoms with Gasteiger partial charge in [0.1, 0.15) is 5.82 Å². The molecule has 0 bridgehead atoms. The van der Waals surface area contributed by atoms with E-state index in [1.165, 1.54) is 16.4 Å². The van der Waals surface area contributed by atoms with Crippen LogP contribution in [0.25, 0.3) is 0 Å². The Kier molecular flexibility index (Phi) is 6.09. The molecule has 0 spiro atoms. The molecule has 1 heterocycles. The van der Waals surface area contributed by atoms with Gasteiger partial charge in [0, 0.05) is 26.2 Å². The molecule has 0 unspecified atom stereocenters. The minimum atomic E-state index is -3.77. The maximum absolute atomic E-state index is 13.1. The van der Waals surface area contributed by atoms with E-state index in [4.69, 9.17) is 0 Å². The number of nitrogens with zero attached hydrogens (tertiary/aromatic N) is 2. The summed E-state index contributed by atoms with van der Waals surface area (Å²) in [6.07, 6.45) is 0.770. The zero-order valence-electron chi connectivity index (χ0n) is 16.5. The lowest BCUT2D eigenvalue weighted by Gasteiger charge is -2.38. The number of allylic oxidation sites excluding steroid dienone is 2. The van der Waals surface area contributed by atoms with Crippen LogP contribution >= 0.6 is 0 Å². The lowest BCUT2D eigenvalue weighted by atomic mass is 9.76. The van der Waals surface area contributed by atoms with E-state index in [1.807, 2.05) is 13.8 Å². The van der Waals surface area contributed by atoms with Crippen molar-refractivity contribution in [3.8, 4) is 0 Å². The molecule has 0 saturated carbocycles. The number of hydrogen-bond donors (Lipinski definition) is 1. The molecular formula is C20H25FN2O5S. The minimum absolute atomic E-state index is 0.00753. The second-order valence-electron chi connectivity index (χ2n) is 7.70. The number of carboxylic acids is 1. The average Bonchev–Trinajstić information content (AvgIpc) is 2.69. The Hall–Kier alpha value is -2.26. The Morgan fingerprint density at radius 3 is 2.00 bits per heavy atom. The Morgan fingerprint density at radius 1 is 0.966 bits per heavy atom. The van der Waals surface area contributed by atoms with Crippen LogP contribution in [0.5, 0.6) is 0 Å². The van der Waals surface area contributed by atoms with Gasteiger partial charge >= 0.3 is 5.97 Å². The molecule has 1 saturated heterocycles. The maximum atomic E-state index is 13.1. The van der Waals surface area contributed by atoms with Gasteiger partial charge < -0.3 is 10.0 Å². The van der Waals surface area contributed by atoms with Gasteiger partial charge in [-0.05, 0) is 51.0 Å². The molecule has 2 atom stereocenters. The zero-order valence-corrected chi connectivity index (χ0v) is 17.3. The van der Waals surface area contributed by atoms with Gasteiger partial charge in [-0.1, -0.05) is 11.1 Å². The van der Waals surface area contributed by atoms with Gasteiger partial charge in [-0.2, -0.15) is 4.31 Å². The monoisotopic (exact) mass is 424 g/mol. The van der Waals surface area contributed by atoms with E-state index in [1.54, 1.807) is 4.90 Å². The minimum Gasteiger partial charge on any atom is -0.481 e. The number of carboxylic acid groups (broad SMARTS) is 1. The summed E-state index contributed by atoms with van der Waals surface area (Å²) in [4.78, 5) is 26.2. The molecule has 9 heteroatoms. The highest BCUT2D eigenvalue weighted by atomic mass is 32.2. The smallest absolute Gasteiger partial charge is 0.307 e. The van der Waals surface area contributed by atoms with Crippen LogP contribution in [-0.4, -0.2) is 60.8 Å². The topological polar surface area (TPSA) is 95.0 Å². The largest absolute Gasteiger partial charge is 0.481 e. The molecule has 7 nitrogen and oxygen atoms in total. The predicted molar refractivity (Wildman–Crippen MR) is 104 cm³/mol. The first kappa shape index (κ1) is 21.4. The van der Waals surface area contributed by atoms with E-state index in [-0.39, 0.29) is 37.0 Å². The van der Waals surface area contributed by atoms with E-state index in [9.17, 15) is 27.5 Å². The first-order chi connectivity index (χ1) is 13.6. The second-order valence-corrected chi connectivity index (χ2v) is 9.64. The molecule has 1 aliphatic carbocycles. The molecule has 158 valence electrons. The summed E-state index contributed by atoms with van der Waals surface area (Å²) in [5, 5.41) is 9.55. The Labute approximate surface area is 169 Å². The summed E-state index contributed by atoms with van der Waals surface area (Å²) in [6, 6.07) is 4.64. The molecule has 3 rings (SSSR count). The molecule has 1 fully saturated rings. The van der Waals surface area contributed by atoms with Crippen molar-refractivity contribution in [1.29, 1.82) is 0 Å². The van der Waals surface area contributed by atoms with Crippen molar-refractivity contribution in [2.75, 3.05) is 26.2 Å². The fraction of sp³-hybridized carbons (Fsp3) is 0.500. The Morgan fingerprint density at radius 2 is 1.48 bits per heavy atom. The maximum Gasteiger partial charge on any atom is 0.307 e. The van der Waals surface area contributed by atoms with Gasteiger partial charge in [0.25, 0.3) is 0 Å². The molecule has 1 amide bonds. The van der Waals surface area contributed by atoms with Gasteiger partial charge in [-0.15, -0.1) is 0 Å². The second kappa shape index (κ2) is 8.23. The molecule has 1 aromatic rings. The van der Waals surface area contributed by atoms with Crippen molar-refractivity contribution < 1.29 is 27.5 Å². The first-order valence-electron chi connectivity index (χ1n) is 9.54. The summed E-state index contributed by atoms with van der Waals surface area (Å²) in [5.41, 5.74) is 2.05. The van der Waals surface area contributed by atoms with Crippen LogP contribution in [0.1, 0.15) is 26.7 Å². The van der Waals surface area contributed by atoms with Crippen LogP contribution in [-0.2, 0) is 19.6 Å². The van der Waals surface area contributed by atoms with Gasteiger partial charge in [0.15, 0.2) is 0 Å². The summed E-state index contributed by atoms with van der Waals surface area (Å²) < 4.78 is 39.8. The van der Waals surface area contributed by atoms with Gasteiger partial charge in [0.05, 0.1) is 16.7 Å². The number of rotatable bonds is 4. The van der Waals surface area contributed by atoms with E-state index in [0.29, 0.717) is 12.8 Å². The summed E-state index contributed by atoms with van der Waals surface area (Å²) in [6.45, 7) is 4.44. The number of carbonyl (C=O) groups is 2. The quantitative estimate of drug-likeness (QED) is 0.747. The number of piperazine rings is 1. The molecule has 2 aliphatic rings. The van der Waals surface area contributed by atoms with Crippen LogP contribution in [0.4, 0.5) is 4.39 Å². The summed E-state index contributed by atoms with van der Waals surface area (Å²) in [5.74, 6) is -3.11. The number of benzene rings is 1. The normalized spacial score (nSPS) is 23.9. The molecule has 1 aliphatic heterocycles. The average molecular weight is 424 g/mol. The van der Waals surface area contributed by atoms with Gasteiger partial charge in [-0.25, -0.2) is 12.8 Å². The number of carbonyl (C=O) groups excluding carboxylic acids is 1. The highest BCUT2D eigenvalue weighted by Crippen LogP contribution is 2.35. The molecule has 1 N–H and O–H groups in total. The van der Waals surface area contributed by atoms with Crippen LogP contribution in [0, 0.1) is 17.7 Å². The summed E-state index contributed by atoms with van der Waals surface area (Å²) in [7, 11) is -3.77. The molecule has 0 radical (unpaired) electrons. The number of aliphatic carboxylic acids is 1. The zero-order chi connectivity index (χ0) is 21.3. The van der Waals surface area contributed by atoms with Crippen LogP contribution < -0.4 is 0 Å². The van der Waals surface area contributed by atoms with Crippen molar-refractivity contribution in [2.45, 2.75) is 31.6 Å². The lowest BCUT2D eigenvalue weighted by molar-refractivity contribution is -0.151. The predicted octanol–water partition coefficient (Wildman–Crippen LogP) is 2.11. The Balaban J connectivity index is 1.69. The molecular weight excluding hydrogens is 399 g/mol. The van der Waals surface area contributed by atoms with Crippen LogP contribution in [0.2, 0.25) is 0 Å². The number of hydrogen-bond acceptors (Lipinski definition) is 4. The fourth-order valence-corrected chi connectivity index (χ4v) is 5.37. The third-order valence-electron chi connectivity index (χ3n) is 5.90. The van der Waals surface area contributed by atoms with Crippen molar-refractivity contribution in [3.05, 3.63) is 41.2 Å². The van der Waals surface area contributed by atoms with Gasteiger partial charge in [-0.3, -0.25) is 9.59 Å². The first-order valence-corrected chi connectivity index (χ1v) is 11.0. The van der Waals surface area contributed by atoms with Crippen LogP contribution in [0.3, 0.4) is 0 Å². The van der Waals surface area contributed by atoms with E-state index in [2.05, 4.69) is 0 Å². The highest BCUT2D eigenvalue weighted by molar-refractivity contribution is 7.89. The third-order valence-corrected chi connectivity index (χ3v) is 7.82. The van der Waals surface area contributed by atoms with Crippen molar-refractivity contribution in [1.82, 2.24) is 9.21 Å². The van der Waals surface area contributed by atoms with E-state index < -0.39 is 33.6 Å². The summed E-state index contributed by atoms with van der Waals surface area (Å²) >= 11 is 0. The number of amides is 1. The Bertz CT molecular complexity index is 934. The van der Waals surface area contributed by atoms with Crippen LogP contribution in [0.15, 0.2) is 40.3 Å². The van der Waals surface area contributed by atoms with Gasteiger partial charge in [0.2, 0.25) is 15.9 Å². The van der Waals surface area contributed by atoms with E-state index >= 15 is 0 Å². The standard InChI is InChI=1S/C20H25FN2O5S/c1-13-11-17(18(20(25)26)12-14(13)2)19(24)22-7-9-23(10-8-22)29(27,28)16-5-3-15(21)4-6-16/h3-6,17-18H,7-12H2,1-2H3,(H,25,26)/t17-,18-/m1/s1. The SMILES string of the molecule is CC1=C(C)C[C@@H](C(=O)N2CCN(S(=O)(=O)c3ccc(F)cc3)CC2)[C@H](C(=O)O)C1. The van der Waals surface area contributed by atoms with E-state index in [0.717, 1.165) is 23.3 Å². The van der Waals surface area contributed by atoms with Crippen molar-refractivity contribution in [3.63, 3.8) is 0 Å². The highest BCUT2D eigenvalue weighted by Gasteiger charge is 2.40. The number of halogens is 1. The fourth-order valence-electron chi connectivity index (χ4n) is 3.95. The van der Waals surface area contributed by atoms with Crippen molar-refractivity contribution in [2.24, 2.45) is 11.8 Å².